The molecule has 2 heterocycles. The Kier molecular flexibility index (Phi) is 5.46. The van der Waals surface area contributed by atoms with Crippen LogP contribution < -0.4 is 0 Å². The Morgan fingerprint density at radius 1 is 0.447 bits per heavy atom. The Balaban J connectivity index is 1.37. The van der Waals surface area contributed by atoms with Gasteiger partial charge >= 0.3 is 0 Å². The normalized spacial score (nSPS) is 11.3. The molecule has 5 aromatic carbocycles. The summed E-state index contributed by atoms with van der Waals surface area (Å²) in [5, 5.41) is 2.42. The molecule has 180 valence electrons. The molecule has 0 bridgehead atoms. The minimum Gasteiger partial charge on any atom is -0.278 e. The number of hydrogen-bond donors (Lipinski definition) is 0. The molecule has 0 saturated heterocycles. The third-order valence-electron chi connectivity index (χ3n) is 6.83. The fourth-order valence-corrected chi connectivity index (χ4v) is 5.17. The van der Waals surface area contributed by atoms with E-state index in [0.717, 1.165) is 44.1 Å². The quantitative estimate of drug-likeness (QED) is 0.239. The number of benzene rings is 5. The van der Waals surface area contributed by atoms with Gasteiger partial charge in [-0.2, -0.15) is 15.0 Å². The molecule has 0 fully saturated rings. The van der Waals surface area contributed by atoms with Gasteiger partial charge in [0.05, 0.1) is 11.0 Å². The van der Waals surface area contributed by atoms with Crippen molar-refractivity contribution in [1.82, 2.24) is 19.5 Å². The van der Waals surface area contributed by atoms with E-state index in [1.54, 1.807) is 0 Å². The predicted molar refractivity (Wildman–Crippen MR) is 155 cm³/mol. The third-order valence-corrected chi connectivity index (χ3v) is 7.00. The number of fused-ring (bicyclic) bond motifs is 3. The van der Waals surface area contributed by atoms with Gasteiger partial charge in [-0.3, -0.25) is 4.57 Å². The molecule has 0 N–H and O–H groups in total. The molecule has 0 amide bonds. The van der Waals surface area contributed by atoms with Gasteiger partial charge < -0.3 is 0 Å². The zero-order chi connectivity index (χ0) is 25.5. The van der Waals surface area contributed by atoms with E-state index in [2.05, 4.69) is 99.5 Å². The third kappa shape index (κ3) is 3.92. The summed E-state index contributed by atoms with van der Waals surface area (Å²) in [6.07, 6.45) is 0. The molecule has 38 heavy (non-hydrogen) atoms. The van der Waals surface area contributed by atoms with E-state index in [-0.39, 0.29) is 5.28 Å². The molecule has 5 heteroatoms. The Morgan fingerprint density at radius 3 is 1.74 bits per heavy atom. The largest absolute Gasteiger partial charge is 0.278 e. The Labute approximate surface area is 224 Å². The van der Waals surface area contributed by atoms with Crippen molar-refractivity contribution in [3.63, 3.8) is 0 Å². The maximum absolute atomic E-state index is 6.48. The average molecular weight is 509 g/mol. The van der Waals surface area contributed by atoms with E-state index in [4.69, 9.17) is 16.6 Å². The number of rotatable bonds is 4. The van der Waals surface area contributed by atoms with Crippen LogP contribution in [0, 0.1) is 0 Å². The molecule has 0 unspecified atom stereocenters. The molecule has 2 aromatic heterocycles. The lowest BCUT2D eigenvalue weighted by Gasteiger charge is -2.09. The van der Waals surface area contributed by atoms with E-state index in [1.807, 2.05) is 42.5 Å². The van der Waals surface area contributed by atoms with Crippen LogP contribution in [0.5, 0.6) is 0 Å². The molecular formula is C33H21ClN4. The minimum absolute atomic E-state index is 0.156. The molecule has 0 radical (unpaired) electrons. The molecule has 7 rings (SSSR count). The lowest BCUT2D eigenvalue weighted by Crippen LogP contribution is -2.04. The van der Waals surface area contributed by atoms with Gasteiger partial charge in [0.2, 0.25) is 11.2 Å². The number of nitrogens with zero attached hydrogens (tertiary/aromatic N) is 4. The van der Waals surface area contributed by atoms with E-state index in [0.29, 0.717) is 11.8 Å². The van der Waals surface area contributed by atoms with Crippen molar-refractivity contribution in [3.05, 3.63) is 133 Å². The molecular weight excluding hydrogens is 488 g/mol. The topological polar surface area (TPSA) is 43.6 Å². The molecule has 7 aromatic rings. The van der Waals surface area contributed by atoms with Crippen molar-refractivity contribution in [2.75, 3.05) is 0 Å². The van der Waals surface area contributed by atoms with E-state index < -0.39 is 0 Å². The van der Waals surface area contributed by atoms with E-state index >= 15 is 0 Å². The smallest absolute Gasteiger partial charge is 0.239 e. The lowest BCUT2D eigenvalue weighted by atomic mass is 10.0. The molecule has 0 aliphatic heterocycles. The van der Waals surface area contributed by atoms with Crippen molar-refractivity contribution in [3.8, 4) is 39.6 Å². The zero-order valence-electron chi connectivity index (χ0n) is 20.3. The summed E-state index contributed by atoms with van der Waals surface area (Å²) in [7, 11) is 0. The second-order valence-corrected chi connectivity index (χ2v) is 9.46. The number of aromatic nitrogens is 4. The number of para-hydroxylation sites is 1. The van der Waals surface area contributed by atoms with Gasteiger partial charge in [-0.15, -0.1) is 0 Å². The summed E-state index contributed by atoms with van der Waals surface area (Å²) in [6.45, 7) is 0. The van der Waals surface area contributed by atoms with Crippen LogP contribution in [-0.4, -0.2) is 19.5 Å². The molecule has 4 nitrogen and oxygen atoms in total. The standard InChI is InChI=1S/C33H21ClN4/c34-32-35-31(25-17-15-24(16-18-25)22-9-3-1-4-10-22)36-33(37-32)38-29-14-8-7-13-27(29)28-21-26(19-20-30(28)38)23-11-5-2-6-12-23/h1-21H. The van der Waals surface area contributed by atoms with Gasteiger partial charge in [0, 0.05) is 16.3 Å². The highest BCUT2D eigenvalue weighted by Crippen LogP contribution is 2.34. The van der Waals surface area contributed by atoms with Crippen molar-refractivity contribution < 1.29 is 0 Å². The Hall–Kier alpha value is -4.80. The first-order valence-corrected chi connectivity index (χ1v) is 12.8. The fourth-order valence-electron chi connectivity index (χ4n) is 5.01. The van der Waals surface area contributed by atoms with Crippen molar-refractivity contribution in [2.24, 2.45) is 0 Å². The van der Waals surface area contributed by atoms with E-state index in [1.165, 1.54) is 5.56 Å². The van der Waals surface area contributed by atoms with Gasteiger partial charge in [-0.1, -0.05) is 109 Å². The van der Waals surface area contributed by atoms with Gasteiger partial charge in [0.25, 0.3) is 0 Å². The van der Waals surface area contributed by atoms with Crippen LogP contribution in [0.3, 0.4) is 0 Å². The van der Waals surface area contributed by atoms with Crippen LogP contribution in [0.25, 0.3) is 61.4 Å². The maximum Gasteiger partial charge on any atom is 0.239 e. The first kappa shape index (κ1) is 22.4. The second-order valence-electron chi connectivity index (χ2n) is 9.12. The summed E-state index contributed by atoms with van der Waals surface area (Å²) in [4.78, 5) is 13.9. The molecule has 0 spiro atoms. The van der Waals surface area contributed by atoms with Gasteiger partial charge in [-0.25, -0.2) is 0 Å². The van der Waals surface area contributed by atoms with E-state index in [9.17, 15) is 0 Å². The van der Waals surface area contributed by atoms with Crippen LogP contribution in [0.1, 0.15) is 0 Å². The summed E-state index contributed by atoms with van der Waals surface area (Å²) in [5.74, 6) is 1.03. The SMILES string of the molecule is Clc1nc(-c2ccc(-c3ccccc3)cc2)nc(-n2c3ccccc3c3cc(-c4ccccc4)ccc32)n1. The van der Waals surface area contributed by atoms with Crippen molar-refractivity contribution in [2.45, 2.75) is 0 Å². The van der Waals surface area contributed by atoms with Gasteiger partial charge in [0.15, 0.2) is 5.82 Å². The molecule has 0 aliphatic rings. The zero-order valence-corrected chi connectivity index (χ0v) is 21.0. The lowest BCUT2D eigenvalue weighted by molar-refractivity contribution is 0.947. The van der Waals surface area contributed by atoms with Crippen LogP contribution >= 0.6 is 11.6 Å². The monoisotopic (exact) mass is 508 g/mol. The Bertz CT molecular complexity index is 1910. The summed E-state index contributed by atoms with van der Waals surface area (Å²) in [5.41, 5.74) is 7.53. The highest BCUT2D eigenvalue weighted by atomic mass is 35.5. The molecule has 0 saturated carbocycles. The highest BCUT2D eigenvalue weighted by Gasteiger charge is 2.17. The van der Waals surface area contributed by atoms with Crippen LogP contribution in [0.4, 0.5) is 0 Å². The maximum atomic E-state index is 6.48. The van der Waals surface area contributed by atoms with Crippen LogP contribution in [0.2, 0.25) is 5.28 Å². The fraction of sp³-hybridized carbons (Fsp3) is 0. The van der Waals surface area contributed by atoms with Crippen molar-refractivity contribution >= 4 is 33.4 Å². The first-order valence-electron chi connectivity index (χ1n) is 12.4. The number of halogens is 1. The van der Waals surface area contributed by atoms with Crippen LogP contribution in [-0.2, 0) is 0 Å². The average Bonchev–Trinajstić information content (AvgIpc) is 3.32. The van der Waals surface area contributed by atoms with Crippen LogP contribution in [0.15, 0.2) is 127 Å². The predicted octanol–water partition coefficient (Wildman–Crippen LogP) is 8.62. The first-order chi connectivity index (χ1) is 18.7. The highest BCUT2D eigenvalue weighted by molar-refractivity contribution is 6.28. The second kappa shape index (κ2) is 9.25. The molecule has 0 aliphatic carbocycles. The Morgan fingerprint density at radius 2 is 1.00 bits per heavy atom. The minimum atomic E-state index is 0.156. The van der Waals surface area contributed by atoms with Gasteiger partial charge in [-0.05, 0) is 52.1 Å². The summed E-state index contributed by atoms with van der Waals surface area (Å²) < 4.78 is 2.06. The molecule has 0 atom stereocenters. The van der Waals surface area contributed by atoms with Crippen molar-refractivity contribution in [1.29, 1.82) is 0 Å². The summed E-state index contributed by atoms with van der Waals surface area (Å²) in [6, 6.07) is 43.7. The summed E-state index contributed by atoms with van der Waals surface area (Å²) >= 11 is 6.48. The van der Waals surface area contributed by atoms with Gasteiger partial charge in [0.1, 0.15) is 0 Å². The number of hydrogen-bond acceptors (Lipinski definition) is 3.